The van der Waals surface area contributed by atoms with E-state index in [0.717, 1.165) is 11.1 Å². The van der Waals surface area contributed by atoms with Crippen LogP contribution in [0.1, 0.15) is 11.1 Å². The standard InChI is InChI=1S/C19H15ClO/c20-19-8-4-3-7-17(19)13-18(21)12-14-9-10-15-5-1-2-6-16(15)11-14/h1-11H,12-13H2. The maximum absolute atomic E-state index is 12.2. The average Bonchev–Trinajstić information content (AvgIpc) is 2.49. The van der Waals surface area contributed by atoms with Crippen LogP contribution in [0.5, 0.6) is 0 Å². The fraction of sp³-hybridized carbons (Fsp3) is 0.105. The van der Waals surface area contributed by atoms with Crippen LogP contribution in [0.2, 0.25) is 5.02 Å². The van der Waals surface area contributed by atoms with Gasteiger partial charge in [0.05, 0.1) is 0 Å². The number of benzene rings is 3. The van der Waals surface area contributed by atoms with Crippen molar-refractivity contribution in [3.05, 3.63) is 82.9 Å². The van der Waals surface area contributed by atoms with E-state index in [4.69, 9.17) is 11.6 Å². The van der Waals surface area contributed by atoms with E-state index in [9.17, 15) is 4.79 Å². The summed E-state index contributed by atoms with van der Waals surface area (Å²) >= 11 is 6.10. The van der Waals surface area contributed by atoms with Crippen LogP contribution in [0.4, 0.5) is 0 Å². The zero-order valence-corrected chi connectivity index (χ0v) is 12.3. The number of halogens is 1. The summed E-state index contributed by atoms with van der Waals surface area (Å²) in [6.45, 7) is 0. The molecular formula is C19H15ClO. The molecule has 0 bridgehead atoms. The summed E-state index contributed by atoms with van der Waals surface area (Å²) in [6, 6.07) is 21.8. The second kappa shape index (κ2) is 6.11. The Kier molecular flexibility index (Phi) is 4.03. The maximum atomic E-state index is 12.2. The van der Waals surface area contributed by atoms with Crippen molar-refractivity contribution in [3.63, 3.8) is 0 Å². The Morgan fingerprint density at radius 3 is 2.33 bits per heavy atom. The lowest BCUT2D eigenvalue weighted by molar-refractivity contribution is -0.117. The highest BCUT2D eigenvalue weighted by molar-refractivity contribution is 6.31. The summed E-state index contributed by atoms with van der Waals surface area (Å²) in [5.74, 6) is 0.179. The van der Waals surface area contributed by atoms with Crippen molar-refractivity contribution in [2.45, 2.75) is 12.8 Å². The summed E-state index contributed by atoms with van der Waals surface area (Å²) in [7, 11) is 0. The fourth-order valence-corrected chi connectivity index (χ4v) is 2.70. The summed E-state index contributed by atoms with van der Waals surface area (Å²) in [4.78, 5) is 12.2. The normalized spacial score (nSPS) is 10.7. The highest BCUT2D eigenvalue weighted by Gasteiger charge is 2.08. The minimum Gasteiger partial charge on any atom is -0.299 e. The summed E-state index contributed by atoms with van der Waals surface area (Å²) in [5, 5.41) is 3.02. The van der Waals surface area contributed by atoms with E-state index >= 15 is 0 Å². The zero-order chi connectivity index (χ0) is 14.7. The molecule has 0 unspecified atom stereocenters. The fourth-order valence-electron chi connectivity index (χ4n) is 2.49. The van der Waals surface area contributed by atoms with Crippen LogP contribution >= 0.6 is 11.6 Å². The molecule has 3 aromatic carbocycles. The highest BCUT2D eigenvalue weighted by atomic mass is 35.5. The number of rotatable bonds is 4. The lowest BCUT2D eigenvalue weighted by Gasteiger charge is -2.05. The molecule has 1 nitrogen and oxygen atoms in total. The van der Waals surface area contributed by atoms with Crippen LogP contribution in [0, 0.1) is 0 Å². The molecule has 2 heteroatoms. The minimum absolute atomic E-state index is 0.179. The summed E-state index contributed by atoms with van der Waals surface area (Å²) < 4.78 is 0. The van der Waals surface area contributed by atoms with Crippen LogP contribution in [0.3, 0.4) is 0 Å². The van der Waals surface area contributed by atoms with Gasteiger partial charge in [0.15, 0.2) is 0 Å². The number of carbonyl (C=O) groups is 1. The maximum Gasteiger partial charge on any atom is 0.141 e. The van der Waals surface area contributed by atoms with E-state index in [0.29, 0.717) is 17.9 Å². The Bertz CT molecular complexity index is 792. The lowest BCUT2D eigenvalue weighted by Crippen LogP contribution is -2.06. The molecule has 0 radical (unpaired) electrons. The molecule has 3 rings (SSSR count). The van der Waals surface area contributed by atoms with E-state index in [1.165, 1.54) is 10.8 Å². The van der Waals surface area contributed by atoms with Gasteiger partial charge in [-0.05, 0) is 28.0 Å². The SMILES string of the molecule is O=C(Cc1ccc2ccccc2c1)Cc1ccccc1Cl. The minimum atomic E-state index is 0.179. The third-order valence-corrected chi connectivity index (χ3v) is 3.93. The number of hydrogen-bond donors (Lipinski definition) is 0. The van der Waals surface area contributed by atoms with Gasteiger partial charge in [-0.25, -0.2) is 0 Å². The first-order valence-electron chi connectivity index (χ1n) is 6.95. The lowest BCUT2D eigenvalue weighted by atomic mass is 10.0. The first-order valence-corrected chi connectivity index (χ1v) is 7.33. The van der Waals surface area contributed by atoms with Gasteiger partial charge in [-0.15, -0.1) is 0 Å². The smallest absolute Gasteiger partial charge is 0.141 e. The third-order valence-electron chi connectivity index (χ3n) is 3.56. The average molecular weight is 295 g/mol. The van der Waals surface area contributed by atoms with Gasteiger partial charge in [-0.3, -0.25) is 4.79 Å². The molecule has 0 spiro atoms. The Balaban J connectivity index is 1.75. The van der Waals surface area contributed by atoms with E-state index in [1.807, 2.05) is 42.5 Å². The van der Waals surface area contributed by atoms with Gasteiger partial charge in [0.1, 0.15) is 5.78 Å². The quantitative estimate of drug-likeness (QED) is 0.672. The Hall–Kier alpha value is -2.12. The van der Waals surface area contributed by atoms with Gasteiger partial charge in [0.25, 0.3) is 0 Å². The predicted molar refractivity (Wildman–Crippen MR) is 87.8 cm³/mol. The molecule has 0 aromatic heterocycles. The monoisotopic (exact) mass is 294 g/mol. The number of carbonyl (C=O) groups excluding carboxylic acids is 1. The zero-order valence-electron chi connectivity index (χ0n) is 11.6. The van der Waals surface area contributed by atoms with E-state index < -0.39 is 0 Å². The van der Waals surface area contributed by atoms with Crippen molar-refractivity contribution in [3.8, 4) is 0 Å². The molecule has 0 heterocycles. The molecule has 104 valence electrons. The number of hydrogen-bond acceptors (Lipinski definition) is 1. The summed E-state index contributed by atoms with van der Waals surface area (Å²) in [5.41, 5.74) is 1.94. The second-order valence-electron chi connectivity index (χ2n) is 5.17. The predicted octanol–water partition coefficient (Wildman–Crippen LogP) is 4.85. The first kappa shape index (κ1) is 13.8. The number of fused-ring (bicyclic) bond motifs is 1. The third kappa shape index (κ3) is 3.32. The molecule has 0 atom stereocenters. The molecule has 0 fully saturated rings. The van der Waals surface area contributed by atoms with Crippen molar-refractivity contribution >= 4 is 28.2 Å². The molecule has 3 aromatic rings. The van der Waals surface area contributed by atoms with Crippen LogP contribution in [0.25, 0.3) is 10.8 Å². The molecule has 0 saturated carbocycles. The van der Waals surface area contributed by atoms with Gasteiger partial charge in [-0.1, -0.05) is 72.3 Å². The van der Waals surface area contributed by atoms with Crippen LogP contribution in [-0.4, -0.2) is 5.78 Å². The van der Waals surface area contributed by atoms with E-state index in [-0.39, 0.29) is 5.78 Å². The Labute approximate surface area is 129 Å². The van der Waals surface area contributed by atoms with Crippen molar-refractivity contribution < 1.29 is 4.79 Å². The molecular weight excluding hydrogens is 280 g/mol. The first-order chi connectivity index (χ1) is 10.2. The summed E-state index contributed by atoms with van der Waals surface area (Å²) in [6.07, 6.45) is 0.822. The molecule has 0 aliphatic carbocycles. The Morgan fingerprint density at radius 2 is 1.52 bits per heavy atom. The van der Waals surface area contributed by atoms with Gasteiger partial charge < -0.3 is 0 Å². The van der Waals surface area contributed by atoms with E-state index in [2.05, 4.69) is 24.3 Å². The largest absolute Gasteiger partial charge is 0.299 e. The van der Waals surface area contributed by atoms with Crippen molar-refractivity contribution in [2.75, 3.05) is 0 Å². The number of Topliss-reactive ketones (excluding diaryl/α,β-unsaturated/α-hetero) is 1. The van der Waals surface area contributed by atoms with Crippen LogP contribution < -0.4 is 0 Å². The van der Waals surface area contributed by atoms with Crippen molar-refractivity contribution in [1.29, 1.82) is 0 Å². The van der Waals surface area contributed by atoms with Gasteiger partial charge in [-0.2, -0.15) is 0 Å². The molecule has 0 amide bonds. The molecule has 0 aliphatic rings. The van der Waals surface area contributed by atoms with Crippen molar-refractivity contribution in [2.24, 2.45) is 0 Å². The Morgan fingerprint density at radius 1 is 0.810 bits per heavy atom. The van der Waals surface area contributed by atoms with Gasteiger partial charge in [0, 0.05) is 17.9 Å². The molecule has 0 N–H and O–H groups in total. The van der Waals surface area contributed by atoms with E-state index in [1.54, 1.807) is 0 Å². The highest BCUT2D eigenvalue weighted by Crippen LogP contribution is 2.18. The molecule has 0 aliphatic heterocycles. The molecule has 0 saturated heterocycles. The van der Waals surface area contributed by atoms with Crippen LogP contribution in [0.15, 0.2) is 66.7 Å². The second-order valence-corrected chi connectivity index (χ2v) is 5.57. The van der Waals surface area contributed by atoms with Gasteiger partial charge in [0.2, 0.25) is 0 Å². The number of ketones is 1. The van der Waals surface area contributed by atoms with Crippen molar-refractivity contribution in [1.82, 2.24) is 0 Å². The van der Waals surface area contributed by atoms with Gasteiger partial charge >= 0.3 is 0 Å². The topological polar surface area (TPSA) is 17.1 Å². The van der Waals surface area contributed by atoms with Crippen LogP contribution in [-0.2, 0) is 17.6 Å². The molecule has 21 heavy (non-hydrogen) atoms.